The molecule has 0 aromatic carbocycles. The highest BCUT2D eigenvalue weighted by molar-refractivity contribution is 9.10. The van der Waals surface area contributed by atoms with Gasteiger partial charge in [0.2, 0.25) is 0 Å². The van der Waals surface area contributed by atoms with Gasteiger partial charge in [-0.15, -0.1) is 11.3 Å². The molecule has 0 bridgehead atoms. The summed E-state index contributed by atoms with van der Waals surface area (Å²) in [5, 5.41) is 0.997. The fraction of sp³-hybridized carbons (Fsp3) is 0.0769. The van der Waals surface area contributed by atoms with Crippen LogP contribution < -0.4 is 5.73 Å². The first kappa shape index (κ1) is 11.6. The summed E-state index contributed by atoms with van der Waals surface area (Å²) in [5.74, 6) is 0.546. The first-order chi connectivity index (χ1) is 8.66. The van der Waals surface area contributed by atoms with Crippen molar-refractivity contribution in [1.29, 1.82) is 0 Å². The predicted molar refractivity (Wildman–Crippen MR) is 79.7 cm³/mol. The van der Waals surface area contributed by atoms with E-state index in [4.69, 9.17) is 5.73 Å². The lowest BCUT2D eigenvalue weighted by atomic mass is 10.2. The summed E-state index contributed by atoms with van der Waals surface area (Å²) in [6, 6.07) is 7.80. The van der Waals surface area contributed by atoms with Crippen molar-refractivity contribution in [2.45, 2.75) is 6.92 Å². The number of hydrogen-bond donors (Lipinski definition) is 1. The first-order valence-corrected chi connectivity index (χ1v) is 7.04. The van der Waals surface area contributed by atoms with Crippen LogP contribution in [-0.4, -0.2) is 9.97 Å². The van der Waals surface area contributed by atoms with Gasteiger partial charge in [0.05, 0.1) is 11.4 Å². The molecule has 2 N–H and O–H groups in total. The number of rotatable bonds is 1. The third-order valence-electron chi connectivity index (χ3n) is 2.73. The van der Waals surface area contributed by atoms with Crippen LogP contribution in [0.25, 0.3) is 21.5 Å². The van der Waals surface area contributed by atoms with Gasteiger partial charge in [0.15, 0.2) is 0 Å². The molecular weight excluding hydrogens is 310 g/mol. The maximum atomic E-state index is 6.05. The van der Waals surface area contributed by atoms with Crippen molar-refractivity contribution in [3.63, 3.8) is 0 Å². The Bertz CT molecular complexity index is 722. The molecule has 0 saturated heterocycles. The molecule has 0 aliphatic carbocycles. The highest BCUT2D eigenvalue weighted by Gasteiger charge is 2.13. The van der Waals surface area contributed by atoms with Gasteiger partial charge in [-0.1, -0.05) is 6.07 Å². The summed E-state index contributed by atoms with van der Waals surface area (Å²) in [6.45, 7) is 2.06. The highest BCUT2D eigenvalue weighted by Crippen LogP contribution is 2.39. The molecule has 3 heterocycles. The Morgan fingerprint density at radius 1 is 1.28 bits per heavy atom. The van der Waals surface area contributed by atoms with Gasteiger partial charge in [-0.25, -0.2) is 4.98 Å². The Labute approximate surface area is 117 Å². The molecule has 0 aliphatic heterocycles. The van der Waals surface area contributed by atoms with E-state index < -0.39 is 0 Å². The molecule has 90 valence electrons. The molecule has 3 nitrogen and oxygen atoms in total. The largest absolute Gasteiger partial charge is 0.383 e. The average Bonchev–Trinajstić information content (AvgIpc) is 2.66. The number of aromatic nitrogens is 2. The summed E-state index contributed by atoms with van der Waals surface area (Å²) in [5.41, 5.74) is 7.70. The molecule has 0 unspecified atom stereocenters. The molecule has 0 radical (unpaired) electrons. The van der Waals surface area contributed by atoms with Crippen molar-refractivity contribution in [1.82, 2.24) is 9.97 Å². The summed E-state index contributed by atoms with van der Waals surface area (Å²) in [4.78, 5) is 9.94. The number of anilines is 1. The molecule has 3 aromatic rings. The quantitative estimate of drug-likeness (QED) is 0.737. The van der Waals surface area contributed by atoms with Crippen molar-refractivity contribution in [3.8, 4) is 11.4 Å². The number of nitrogen functional groups attached to an aromatic ring is 1. The fourth-order valence-electron chi connectivity index (χ4n) is 1.87. The Morgan fingerprint density at radius 2 is 2.11 bits per heavy atom. The van der Waals surface area contributed by atoms with Gasteiger partial charge in [0.25, 0.3) is 0 Å². The van der Waals surface area contributed by atoms with Crippen molar-refractivity contribution >= 4 is 43.2 Å². The molecule has 0 spiro atoms. The molecule has 0 aliphatic rings. The van der Waals surface area contributed by atoms with E-state index in [0.717, 1.165) is 25.9 Å². The Kier molecular flexibility index (Phi) is 2.80. The Hall–Kier alpha value is -1.46. The van der Waals surface area contributed by atoms with Crippen LogP contribution in [0.2, 0.25) is 0 Å². The van der Waals surface area contributed by atoms with Crippen LogP contribution >= 0.6 is 27.3 Å². The van der Waals surface area contributed by atoms with Gasteiger partial charge in [-0.05, 0) is 41.1 Å². The minimum atomic E-state index is 0.546. The van der Waals surface area contributed by atoms with Crippen LogP contribution in [-0.2, 0) is 0 Å². The second kappa shape index (κ2) is 4.33. The Morgan fingerprint density at radius 3 is 2.83 bits per heavy atom. The SMILES string of the molecule is Cc1sc2cc(-c3ccccn3)nc(N)c2c1Br. The summed E-state index contributed by atoms with van der Waals surface area (Å²) < 4.78 is 2.17. The zero-order valence-corrected chi connectivity index (χ0v) is 12.0. The summed E-state index contributed by atoms with van der Waals surface area (Å²) >= 11 is 5.26. The first-order valence-electron chi connectivity index (χ1n) is 5.43. The smallest absolute Gasteiger partial charge is 0.134 e. The molecule has 3 aromatic heterocycles. The van der Waals surface area contributed by atoms with E-state index in [2.05, 4.69) is 32.8 Å². The average molecular weight is 320 g/mol. The van der Waals surface area contributed by atoms with E-state index >= 15 is 0 Å². The van der Waals surface area contributed by atoms with Crippen molar-refractivity contribution in [2.24, 2.45) is 0 Å². The zero-order valence-electron chi connectivity index (χ0n) is 9.64. The monoisotopic (exact) mass is 319 g/mol. The number of nitrogens with two attached hydrogens (primary N) is 1. The third-order valence-corrected chi connectivity index (χ3v) is 5.04. The second-order valence-electron chi connectivity index (χ2n) is 3.95. The summed E-state index contributed by atoms with van der Waals surface area (Å²) in [7, 11) is 0. The number of hydrogen-bond acceptors (Lipinski definition) is 4. The number of fused-ring (bicyclic) bond motifs is 1. The van der Waals surface area contributed by atoms with E-state index in [1.807, 2.05) is 24.3 Å². The maximum Gasteiger partial charge on any atom is 0.134 e. The number of pyridine rings is 2. The molecule has 0 saturated carbocycles. The normalized spacial score (nSPS) is 11.0. The number of nitrogens with zero attached hydrogens (tertiary/aromatic N) is 2. The van der Waals surface area contributed by atoms with E-state index in [1.54, 1.807) is 17.5 Å². The lowest BCUT2D eigenvalue weighted by Crippen LogP contribution is -1.94. The van der Waals surface area contributed by atoms with Gasteiger partial charge in [0.1, 0.15) is 5.82 Å². The lowest BCUT2D eigenvalue weighted by Gasteiger charge is -2.03. The van der Waals surface area contributed by atoms with E-state index in [9.17, 15) is 0 Å². The topological polar surface area (TPSA) is 51.8 Å². The van der Waals surface area contributed by atoms with Crippen LogP contribution in [0.1, 0.15) is 4.88 Å². The van der Waals surface area contributed by atoms with E-state index in [-0.39, 0.29) is 0 Å². The molecule has 0 amide bonds. The zero-order chi connectivity index (χ0) is 12.7. The van der Waals surface area contributed by atoms with Gasteiger partial charge < -0.3 is 5.73 Å². The van der Waals surface area contributed by atoms with Crippen molar-refractivity contribution in [2.75, 3.05) is 5.73 Å². The van der Waals surface area contributed by atoms with Crippen molar-refractivity contribution in [3.05, 3.63) is 39.8 Å². The number of thiophene rings is 1. The van der Waals surface area contributed by atoms with Gasteiger partial charge in [-0.3, -0.25) is 4.98 Å². The van der Waals surface area contributed by atoms with E-state index in [1.165, 1.54) is 4.88 Å². The van der Waals surface area contributed by atoms with Crippen LogP contribution in [0.5, 0.6) is 0 Å². The molecule has 18 heavy (non-hydrogen) atoms. The molecule has 0 atom stereocenters. The highest BCUT2D eigenvalue weighted by atomic mass is 79.9. The maximum absolute atomic E-state index is 6.05. The van der Waals surface area contributed by atoms with Crippen LogP contribution in [0.15, 0.2) is 34.9 Å². The fourth-order valence-corrected chi connectivity index (χ4v) is 3.66. The number of aryl methyl sites for hydroxylation is 1. The second-order valence-corrected chi connectivity index (χ2v) is 6.00. The van der Waals surface area contributed by atoms with Crippen LogP contribution in [0, 0.1) is 6.92 Å². The standard InChI is InChI=1S/C13H10BrN3S/c1-7-12(14)11-10(18-7)6-9(17-13(11)15)8-4-2-3-5-16-8/h2-6H,1H3,(H2,15,17). The van der Waals surface area contributed by atoms with Crippen molar-refractivity contribution < 1.29 is 0 Å². The molecule has 5 heteroatoms. The Balaban J connectivity index is 2.28. The molecule has 3 rings (SSSR count). The molecule has 0 fully saturated rings. The summed E-state index contributed by atoms with van der Waals surface area (Å²) in [6.07, 6.45) is 1.76. The van der Waals surface area contributed by atoms with Gasteiger partial charge in [0, 0.05) is 25.6 Å². The van der Waals surface area contributed by atoms with E-state index in [0.29, 0.717) is 5.82 Å². The third kappa shape index (κ3) is 1.79. The lowest BCUT2D eigenvalue weighted by molar-refractivity contribution is 1.27. The minimum Gasteiger partial charge on any atom is -0.383 e. The minimum absolute atomic E-state index is 0.546. The van der Waals surface area contributed by atoms with Gasteiger partial charge in [-0.2, -0.15) is 0 Å². The number of halogens is 1. The molecular formula is C13H10BrN3S. The van der Waals surface area contributed by atoms with Crippen LogP contribution in [0.4, 0.5) is 5.82 Å². The predicted octanol–water partition coefficient (Wildman–Crippen LogP) is 4.01. The van der Waals surface area contributed by atoms with Crippen LogP contribution in [0.3, 0.4) is 0 Å². The van der Waals surface area contributed by atoms with Gasteiger partial charge >= 0.3 is 0 Å².